The molecule has 180 valence electrons. The number of rotatable bonds is 8. The number of hydrogen-bond acceptors (Lipinski definition) is 7. The molecule has 4 aromatic rings. The second-order valence-corrected chi connectivity index (χ2v) is 7.33. The second kappa shape index (κ2) is 9.63. The summed E-state index contributed by atoms with van der Waals surface area (Å²) in [5, 5.41) is 14.8. The van der Waals surface area contributed by atoms with E-state index in [2.05, 4.69) is 20.4 Å². The highest BCUT2D eigenvalue weighted by Gasteiger charge is 2.26. The minimum atomic E-state index is -1.04. The molecular weight excluding hydrogens is 460 g/mol. The van der Waals surface area contributed by atoms with Crippen molar-refractivity contribution in [3.63, 3.8) is 0 Å². The molecule has 0 bridgehead atoms. The van der Waals surface area contributed by atoms with E-state index in [4.69, 9.17) is 20.6 Å². The zero-order valence-corrected chi connectivity index (χ0v) is 18.7. The van der Waals surface area contributed by atoms with Crippen molar-refractivity contribution in [3.05, 3.63) is 93.8 Å². The summed E-state index contributed by atoms with van der Waals surface area (Å²) < 4.78 is 40.7. The fourth-order valence-corrected chi connectivity index (χ4v) is 3.44. The molecule has 0 saturated carbocycles. The summed E-state index contributed by atoms with van der Waals surface area (Å²) in [7, 11) is 2.78. The number of nitrogens with one attached hydrogen (secondary N) is 3. The molecule has 2 heterocycles. The van der Waals surface area contributed by atoms with Crippen molar-refractivity contribution in [2.24, 2.45) is 5.73 Å². The van der Waals surface area contributed by atoms with Crippen molar-refractivity contribution in [1.29, 1.82) is 5.41 Å². The number of benzene rings is 2. The normalized spacial score (nSPS) is 11.7. The highest BCUT2D eigenvalue weighted by molar-refractivity contribution is 5.95. The van der Waals surface area contributed by atoms with Gasteiger partial charge in [-0.3, -0.25) is 10.4 Å². The van der Waals surface area contributed by atoms with Crippen molar-refractivity contribution in [1.82, 2.24) is 19.7 Å². The molecule has 2 aromatic carbocycles. The van der Waals surface area contributed by atoms with Gasteiger partial charge in [0.25, 0.3) is 0 Å². The summed E-state index contributed by atoms with van der Waals surface area (Å²) in [6.45, 7) is 0. The number of halogens is 2. The molecule has 1 unspecified atom stereocenters. The van der Waals surface area contributed by atoms with Crippen LogP contribution in [-0.4, -0.2) is 39.8 Å². The average Bonchev–Trinajstić information content (AvgIpc) is 3.24. The molecule has 0 aliphatic carbocycles. The molecule has 10 nitrogen and oxygen atoms in total. The molecular formula is C23H21F2N7O3. The molecule has 0 aliphatic rings. The first kappa shape index (κ1) is 23.4. The van der Waals surface area contributed by atoms with Crippen molar-refractivity contribution < 1.29 is 18.3 Å². The number of pyridine rings is 1. The minimum absolute atomic E-state index is 0.0122. The molecule has 5 N–H and O–H groups in total. The predicted molar refractivity (Wildman–Crippen MR) is 124 cm³/mol. The van der Waals surface area contributed by atoms with Crippen LogP contribution in [0.25, 0.3) is 5.82 Å². The van der Waals surface area contributed by atoms with Gasteiger partial charge in [0, 0.05) is 29.1 Å². The lowest BCUT2D eigenvalue weighted by atomic mass is 10.0. The van der Waals surface area contributed by atoms with Crippen LogP contribution in [0.1, 0.15) is 23.0 Å². The molecule has 0 radical (unpaired) electrons. The number of nitrogens with zero attached hydrogens (tertiary/aromatic N) is 3. The number of hydrogen-bond donors (Lipinski definition) is 4. The molecule has 0 aliphatic heterocycles. The summed E-state index contributed by atoms with van der Waals surface area (Å²) in [4.78, 5) is 19.1. The maximum Gasteiger partial charge on any atom is 0.349 e. The number of amidine groups is 1. The Bertz CT molecular complexity index is 1430. The van der Waals surface area contributed by atoms with Gasteiger partial charge in [0.2, 0.25) is 0 Å². The fraction of sp³-hybridized carbons (Fsp3) is 0.130. The number of nitrogens with two attached hydrogens (primary N) is 1. The van der Waals surface area contributed by atoms with Crippen LogP contribution in [0.5, 0.6) is 11.5 Å². The maximum absolute atomic E-state index is 15.2. The second-order valence-electron chi connectivity index (χ2n) is 7.33. The van der Waals surface area contributed by atoms with Gasteiger partial charge >= 0.3 is 5.69 Å². The van der Waals surface area contributed by atoms with Crippen LogP contribution in [-0.2, 0) is 0 Å². The lowest BCUT2D eigenvalue weighted by Gasteiger charge is -2.20. The Labute approximate surface area is 197 Å². The molecule has 12 heteroatoms. The van der Waals surface area contributed by atoms with Gasteiger partial charge in [0.05, 0.1) is 14.2 Å². The number of methoxy groups -OCH3 is 2. The average molecular weight is 481 g/mol. The first-order valence-corrected chi connectivity index (χ1v) is 10.2. The van der Waals surface area contributed by atoms with Crippen molar-refractivity contribution in [2.75, 3.05) is 19.5 Å². The summed E-state index contributed by atoms with van der Waals surface area (Å²) in [6, 6.07) is 10.5. The van der Waals surface area contributed by atoms with Gasteiger partial charge in [-0.05, 0) is 42.5 Å². The lowest BCUT2D eigenvalue weighted by Crippen LogP contribution is -2.18. The van der Waals surface area contributed by atoms with E-state index >= 15 is 4.39 Å². The largest absolute Gasteiger partial charge is 0.493 e. The van der Waals surface area contributed by atoms with E-state index in [0.29, 0.717) is 11.3 Å². The first-order chi connectivity index (χ1) is 16.8. The molecule has 35 heavy (non-hydrogen) atoms. The van der Waals surface area contributed by atoms with Gasteiger partial charge < -0.3 is 20.5 Å². The van der Waals surface area contributed by atoms with Gasteiger partial charge in [-0.1, -0.05) is 0 Å². The lowest BCUT2D eigenvalue weighted by molar-refractivity contribution is 0.351. The Balaban J connectivity index is 1.84. The van der Waals surface area contributed by atoms with Gasteiger partial charge in [-0.25, -0.2) is 18.6 Å². The van der Waals surface area contributed by atoms with Crippen LogP contribution in [0.4, 0.5) is 14.5 Å². The Morgan fingerprint density at radius 3 is 2.43 bits per heavy atom. The smallest absolute Gasteiger partial charge is 0.349 e. The van der Waals surface area contributed by atoms with Crippen LogP contribution < -0.4 is 26.2 Å². The molecule has 0 amide bonds. The number of nitrogen functional groups attached to an aromatic ring is 1. The van der Waals surface area contributed by atoms with Crippen LogP contribution in [0, 0.1) is 17.0 Å². The highest BCUT2D eigenvalue weighted by atomic mass is 19.1. The Hall–Kier alpha value is -4.74. The van der Waals surface area contributed by atoms with E-state index in [9.17, 15) is 9.18 Å². The quantitative estimate of drug-likeness (QED) is 0.224. The first-order valence-electron chi connectivity index (χ1n) is 10.2. The number of aromatic nitrogens is 4. The SMILES string of the molecule is COc1cc(F)c(C(Nc2ccc(C(=N)N)cc2)c2nn(-c3ncccc3F)c(=O)[nH]2)cc1OC. The van der Waals surface area contributed by atoms with E-state index < -0.39 is 23.4 Å². The molecule has 0 fully saturated rings. The minimum Gasteiger partial charge on any atom is -0.493 e. The zero-order valence-electron chi connectivity index (χ0n) is 18.7. The Morgan fingerprint density at radius 2 is 1.80 bits per heavy atom. The standard InChI is InChI=1S/C23H21F2N7O3/c1-34-17-10-14(16(25)11-18(17)35-2)19(29-13-7-5-12(6-8-13)20(26)27)21-30-23(33)32(31-21)22-15(24)4-3-9-28-22/h3-11,19,29H,1-2H3,(H3,26,27)(H,30,31,33). The van der Waals surface area contributed by atoms with Gasteiger partial charge in [0.1, 0.15) is 17.7 Å². The van der Waals surface area contributed by atoms with Gasteiger partial charge in [-0.2, -0.15) is 4.68 Å². The van der Waals surface area contributed by atoms with Crippen molar-refractivity contribution in [2.45, 2.75) is 6.04 Å². The molecule has 2 aromatic heterocycles. The van der Waals surface area contributed by atoms with E-state index in [1.165, 1.54) is 32.5 Å². The number of ether oxygens (including phenoxy) is 2. The molecule has 0 saturated heterocycles. The Kier molecular flexibility index (Phi) is 6.44. The third kappa shape index (κ3) is 4.67. The maximum atomic E-state index is 15.2. The highest BCUT2D eigenvalue weighted by Crippen LogP contribution is 2.35. The van der Waals surface area contributed by atoms with Crippen molar-refractivity contribution >= 4 is 11.5 Å². The monoisotopic (exact) mass is 481 g/mol. The molecule has 0 spiro atoms. The van der Waals surface area contributed by atoms with Crippen LogP contribution in [0.15, 0.2) is 59.5 Å². The van der Waals surface area contributed by atoms with E-state index in [-0.39, 0.29) is 34.5 Å². The van der Waals surface area contributed by atoms with Crippen LogP contribution in [0.2, 0.25) is 0 Å². The van der Waals surface area contributed by atoms with Crippen LogP contribution in [0.3, 0.4) is 0 Å². The summed E-state index contributed by atoms with van der Waals surface area (Å²) in [5.74, 6) is -1.43. The van der Waals surface area contributed by atoms with E-state index in [1.54, 1.807) is 24.3 Å². The van der Waals surface area contributed by atoms with Crippen molar-refractivity contribution in [3.8, 4) is 17.3 Å². The number of aromatic amines is 1. The molecule has 1 atom stereocenters. The molecule has 4 rings (SSSR count). The van der Waals surface area contributed by atoms with Crippen LogP contribution >= 0.6 is 0 Å². The summed E-state index contributed by atoms with van der Waals surface area (Å²) in [5.41, 5.74) is 5.82. The van der Waals surface area contributed by atoms with E-state index in [1.807, 2.05) is 0 Å². The van der Waals surface area contributed by atoms with E-state index in [0.717, 1.165) is 16.8 Å². The Morgan fingerprint density at radius 1 is 1.11 bits per heavy atom. The topological polar surface area (TPSA) is 144 Å². The zero-order chi connectivity index (χ0) is 25.1. The number of anilines is 1. The third-order valence-electron chi connectivity index (χ3n) is 5.17. The van der Waals surface area contributed by atoms with Gasteiger partial charge in [-0.15, -0.1) is 5.10 Å². The number of H-pyrrole nitrogens is 1. The fourth-order valence-electron chi connectivity index (χ4n) is 3.44. The summed E-state index contributed by atoms with van der Waals surface area (Å²) >= 11 is 0. The summed E-state index contributed by atoms with van der Waals surface area (Å²) in [6.07, 6.45) is 1.32. The van der Waals surface area contributed by atoms with Gasteiger partial charge in [0.15, 0.2) is 29.0 Å². The predicted octanol–water partition coefficient (Wildman–Crippen LogP) is 2.74. The third-order valence-corrected chi connectivity index (χ3v) is 5.17.